The molecule has 1 amide bonds. The Morgan fingerprint density at radius 1 is 1.10 bits per heavy atom. The van der Waals surface area contributed by atoms with Gasteiger partial charge in [-0.05, 0) is 44.9 Å². The molecule has 6 nitrogen and oxygen atoms in total. The van der Waals surface area contributed by atoms with Gasteiger partial charge in [-0.3, -0.25) is 9.59 Å². The second-order valence-electron chi connectivity index (χ2n) is 7.87. The maximum absolute atomic E-state index is 13.5. The second-order valence-corrected chi connectivity index (χ2v) is 9.94. The summed E-state index contributed by atoms with van der Waals surface area (Å²) in [6.45, 7) is 5.47. The van der Waals surface area contributed by atoms with Crippen molar-refractivity contribution in [3.63, 3.8) is 0 Å². The first kappa shape index (κ1) is 22.0. The third-order valence-corrected chi connectivity index (χ3v) is 7.45. The van der Waals surface area contributed by atoms with Gasteiger partial charge in [0.15, 0.2) is 15.1 Å². The first-order valence-corrected chi connectivity index (χ1v) is 11.6. The zero-order valence-electron chi connectivity index (χ0n) is 17.4. The number of aryl methyl sites for hydroxylation is 1. The number of benzene rings is 2. The SMILES string of the molecule is Cc1ccc(S(=O)(=O)[C@H](C(=O)OCc2ccccc2)C2CCC(=O)N2C(C)C)cc1. The summed E-state index contributed by atoms with van der Waals surface area (Å²) < 4.78 is 32.5. The van der Waals surface area contributed by atoms with Crippen molar-refractivity contribution >= 4 is 21.7 Å². The van der Waals surface area contributed by atoms with Crippen LogP contribution in [0, 0.1) is 6.92 Å². The Morgan fingerprint density at radius 2 is 1.73 bits per heavy atom. The molecule has 0 saturated carbocycles. The number of esters is 1. The molecule has 1 unspecified atom stereocenters. The van der Waals surface area contributed by atoms with E-state index in [9.17, 15) is 18.0 Å². The summed E-state index contributed by atoms with van der Waals surface area (Å²) in [6, 6.07) is 14.5. The minimum Gasteiger partial charge on any atom is -0.460 e. The van der Waals surface area contributed by atoms with Crippen molar-refractivity contribution in [2.75, 3.05) is 0 Å². The highest BCUT2D eigenvalue weighted by molar-refractivity contribution is 7.92. The van der Waals surface area contributed by atoms with Crippen molar-refractivity contribution in [2.24, 2.45) is 0 Å². The van der Waals surface area contributed by atoms with Gasteiger partial charge in [0.25, 0.3) is 0 Å². The average molecular weight is 430 g/mol. The molecule has 0 N–H and O–H groups in total. The van der Waals surface area contributed by atoms with Crippen molar-refractivity contribution < 1.29 is 22.7 Å². The highest BCUT2D eigenvalue weighted by Crippen LogP contribution is 2.31. The lowest BCUT2D eigenvalue weighted by Crippen LogP contribution is -2.51. The quantitative estimate of drug-likeness (QED) is 0.631. The number of hydrogen-bond acceptors (Lipinski definition) is 5. The Bertz CT molecular complexity index is 1000. The molecule has 1 fully saturated rings. The van der Waals surface area contributed by atoms with Gasteiger partial charge in [0.2, 0.25) is 5.91 Å². The Balaban J connectivity index is 1.96. The lowest BCUT2D eigenvalue weighted by Gasteiger charge is -2.33. The van der Waals surface area contributed by atoms with Crippen LogP contribution in [0.1, 0.15) is 37.8 Å². The molecule has 2 aromatic carbocycles. The van der Waals surface area contributed by atoms with Gasteiger partial charge in [0, 0.05) is 12.5 Å². The molecule has 0 radical (unpaired) electrons. The number of sulfone groups is 1. The van der Waals surface area contributed by atoms with Gasteiger partial charge in [-0.15, -0.1) is 0 Å². The predicted molar refractivity (Wildman–Crippen MR) is 113 cm³/mol. The van der Waals surface area contributed by atoms with E-state index < -0.39 is 27.1 Å². The van der Waals surface area contributed by atoms with Crippen LogP contribution in [-0.2, 0) is 30.8 Å². The number of carbonyl (C=O) groups is 2. The highest BCUT2D eigenvalue weighted by atomic mass is 32.2. The van der Waals surface area contributed by atoms with E-state index >= 15 is 0 Å². The Hall–Kier alpha value is -2.67. The molecule has 1 aliphatic heterocycles. The van der Waals surface area contributed by atoms with Crippen LogP contribution in [0.4, 0.5) is 0 Å². The molecule has 1 heterocycles. The summed E-state index contributed by atoms with van der Waals surface area (Å²) in [6.07, 6.45) is 0.516. The van der Waals surface area contributed by atoms with Crippen LogP contribution in [0.5, 0.6) is 0 Å². The van der Waals surface area contributed by atoms with Gasteiger partial charge < -0.3 is 9.64 Å². The standard InChI is InChI=1S/C23H27NO5S/c1-16(2)24-20(13-14-21(24)25)22(23(26)29-15-18-7-5-4-6-8-18)30(27,28)19-11-9-17(3)10-12-19/h4-12,16,20,22H,13-15H2,1-3H3/t20?,22-/m0/s1. The molecule has 3 rings (SSSR count). The first-order chi connectivity index (χ1) is 14.2. The molecule has 1 aliphatic rings. The molecular formula is C23H27NO5S. The molecule has 0 aromatic heterocycles. The smallest absolute Gasteiger partial charge is 0.327 e. The zero-order chi connectivity index (χ0) is 21.9. The Kier molecular flexibility index (Phi) is 6.61. The minimum absolute atomic E-state index is 0.0259. The van der Waals surface area contributed by atoms with Crippen molar-refractivity contribution in [1.29, 1.82) is 0 Å². The molecule has 30 heavy (non-hydrogen) atoms. The van der Waals surface area contributed by atoms with E-state index in [0.29, 0.717) is 6.42 Å². The van der Waals surface area contributed by atoms with E-state index in [4.69, 9.17) is 4.74 Å². The maximum Gasteiger partial charge on any atom is 0.327 e. The zero-order valence-corrected chi connectivity index (χ0v) is 18.3. The summed E-state index contributed by atoms with van der Waals surface area (Å²) in [5.74, 6) is -0.972. The number of hydrogen-bond donors (Lipinski definition) is 0. The molecule has 1 saturated heterocycles. The summed E-state index contributed by atoms with van der Waals surface area (Å²) in [5.41, 5.74) is 1.68. The first-order valence-electron chi connectivity index (χ1n) is 10.0. The Labute approximate surface area is 177 Å². The van der Waals surface area contributed by atoms with Gasteiger partial charge >= 0.3 is 5.97 Å². The predicted octanol–water partition coefficient (Wildman–Crippen LogP) is 3.28. The Morgan fingerprint density at radius 3 is 2.33 bits per heavy atom. The summed E-state index contributed by atoms with van der Waals surface area (Å²) in [5, 5.41) is -1.47. The van der Waals surface area contributed by atoms with Crippen LogP contribution < -0.4 is 0 Å². The number of carbonyl (C=O) groups excluding carboxylic acids is 2. The second kappa shape index (κ2) is 9.00. The van der Waals surface area contributed by atoms with Crippen molar-refractivity contribution in [3.8, 4) is 0 Å². The summed E-state index contributed by atoms with van der Waals surface area (Å²) in [7, 11) is -4.06. The summed E-state index contributed by atoms with van der Waals surface area (Å²) in [4.78, 5) is 27.1. The summed E-state index contributed by atoms with van der Waals surface area (Å²) >= 11 is 0. The van der Waals surface area contributed by atoms with E-state index in [1.54, 1.807) is 24.3 Å². The molecule has 7 heteroatoms. The van der Waals surface area contributed by atoms with Gasteiger partial charge in [-0.2, -0.15) is 0 Å². The average Bonchev–Trinajstić information content (AvgIpc) is 3.08. The number of likely N-dealkylation sites (tertiary alicyclic amines) is 1. The van der Waals surface area contributed by atoms with E-state index in [-0.39, 0.29) is 29.9 Å². The fourth-order valence-electron chi connectivity index (χ4n) is 3.87. The molecule has 0 aliphatic carbocycles. The lowest BCUT2D eigenvalue weighted by molar-refractivity contribution is -0.146. The highest BCUT2D eigenvalue weighted by Gasteiger charge is 2.49. The number of nitrogens with zero attached hydrogens (tertiary/aromatic N) is 1. The van der Waals surface area contributed by atoms with Gasteiger partial charge in [0.05, 0.1) is 10.9 Å². The molecule has 2 aromatic rings. The monoisotopic (exact) mass is 429 g/mol. The number of amides is 1. The van der Waals surface area contributed by atoms with E-state index in [1.165, 1.54) is 17.0 Å². The lowest BCUT2D eigenvalue weighted by atomic mass is 10.1. The fourth-order valence-corrected chi connectivity index (χ4v) is 5.68. The van der Waals surface area contributed by atoms with E-state index in [1.807, 2.05) is 39.0 Å². The normalized spacial score (nSPS) is 17.9. The van der Waals surface area contributed by atoms with Crippen molar-refractivity contribution in [3.05, 3.63) is 65.7 Å². The van der Waals surface area contributed by atoms with Crippen LogP contribution in [0.2, 0.25) is 0 Å². The van der Waals surface area contributed by atoms with Crippen LogP contribution in [-0.4, -0.2) is 42.5 Å². The minimum atomic E-state index is -4.06. The van der Waals surface area contributed by atoms with Crippen molar-refractivity contribution in [1.82, 2.24) is 4.90 Å². The number of rotatable bonds is 7. The maximum atomic E-state index is 13.5. The van der Waals surface area contributed by atoms with Crippen LogP contribution in [0.3, 0.4) is 0 Å². The number of ether oxygens (including phenoxy) is 1. The molecule has 0 spiro atoms. The van der Waals surface area contributed by atoms with Gasteiger partial charge in [0.1, 0.15) is 6.61 Å². The topological polar surface area (TPSA) is 80.7 Å². The fraction of sp³-hybridized carbons (Fsp3) is 0.391. The molecule has 160 valence electrons. The van der Waals surface area contributed by atoms with E-state index in [2.05, 4.69) is 0 Å². The third-order valence-electron chi connectivity index (χ3n) is 5.35. The van der Waals surface area contributed by atoms with Gasteiger partial charge in [-0.1, -0.05) is 48.0 Å². The molecule has 2 atom stereocenters. The van der Waals surface area contributed by atoms with Gasteiger partial charge in [-0.25, -0.2) is 8.42 Å². The van der Waals surface area contributed by atoms with Crippen LogP contribution >= 0.6 is 0 Å². The molecular weight excluding hydrogens is 402 g/mol. The third kappa shape index (κ3) is 4.56. The van der Waals surface area contributed by atoms with Crippen LogP contribution in [0.25, 0.3) is 0 Å². The molecule has 0 bridgehead atoms. The largest absolute Gasteiger partial charge is 0.460 e. The van der Waals surface area contributed by atoms with Crippen molar-refractivity contribution in [2.45, 2.75) is 62.4 Å². The van der Waals surface area contributed by atoms with E-state index in [0.717, 1.165) is 11.1 Å². The van der Waals surface area contributed by atoms with Crippen LogP contribution in [0.15, 0.2) is 59.5 Å².